The SMILES string of the molecule is CC1C=CC(C(O)CC(=O)CCc2ccc3c4c2CSSCC2CNC(N)c5ccc6c(c52)CC2=CN=C5C[NH+](C=C25)C(O4)C(C#CC6O)C2(C#CO3)CCCC2)CC1. The normalized spacial score (nSPS) is 31.3. The lowest BCUT2D eigenvalue weighted by atomic mass is 9.73. The van der Waals surface area contributed by atoms with E-state index in [9.17, 15) is 15.0 Å². The first-order chi connectivity index (χ1) is 28.7. The number of Topliss-reactive ketones (excluding diaryl/α,β-unsaturated/α-hetero) is 1. The van der Waals surface area contributed by atoms with Crippen LogP contribution in [0.1, 0.15) is 110 Å². The number of quaternary nitrogens is 1. The first-order valence-electron chi connectivity index (χ1n) is 21.5. The second-order valence-corrected chi connectivity index (χ2v) is 20.3. The van der Waals surface area contributed by atoms with Gasteiger partial charge >= 0.3 is 0 Å². The van der Waals surface area contributed by atoms with Crippen LogP contribution in [-0.2, 0) is 23.4 Å². The summed E-state index contributed by atoms with van der Waals surface area (Å²) in [5.41, 5.74) is 15.8. The van der Waals surface area contributed by atoms with Crippen molar-refractivity contribution in [1.29, 1.82) is 0 Å². The van der Waals surface area contributed by atoms with Crippen LogP contribution >= 0.6 is 21.6 Å². The topological polar surface area (TPSA) is 131 Å². The second-order valence-electron chi connectivity index (χ2n) is 17.8. The first-order valence-corrected chi connectivity index (χ1v) is 24.0. The van der Waals surface area contributed by atoms with Gasteiger partial charge in [-0.25, -0.2) is 0 Å². The van der Waals surface area contributed by atoms with Crippen LogP contribution in [0.3, 0.4) is 0 Å². The Morgan fingerprint density at radius 1 is 1.12 bits per heavy atom. The maximum Gasteiger partial charge on any atom is 0.252 e. The van der Waals surface area contributed by atoms with Crippen LogP contribution < -0.4 is 25.4 Å². The molecule has 2 aromatic carbocycles. The highest BCUT2D eigenvalue weighted by Gasteiger charge is 2.51. The number of carbonyl (C=O) groups excluding carboxylic acids is 1. The number of nitrogens with one attached hydrogen (secondary N) is 2. The molecule has 1 fully saturated rings. The monoisotopic (exact) mass is 829 g/mol. The van der Waals surface area contributed by atoms with Crippen LogP contribution in [0.15, 0.2) is 65.0 Å². The molecule has 0 saturated heterocycles. The maximum absolute atomic E-state index is 13.5. The van der Waals surface area contributed by atoms with Crippen molar-refractivity contribution >= 4 is 33.1 Å². The smallest absolute Gasteiger partial charge is 0.252 e. The van der Waals surface area contributed by atoms with Gasteiger partial charge in [-0.15, -0.1) is 0 Å². The van der Waals surface area contributed by atoms with Gasteiger partial charge in [0.2, 0.25) is 0 Å². The average Bonchev–Trinajstić information content (AvgIpc) is 3.98. The first kappa shape index (κ1) is 39.4. The van der Waals surface area contributed by atoms with Crippen molar-refractivity contribution in [3.8, 4) is 35.4 Å². The Morgan fingerprint density at radius 3 is 2.83 bits per heavy atom. The minimum atomic E-state index is -1.02. The molecule has 7 aliphatic heterocycles. The van der Waals surface area contributed by atoms with Gasteiger partial charge in [-0.1, -0.05) is 89.5 Å². The van der Waals surface area contributed by atoms with E-state index >= 15 is 0 Å². The van der Waals surface area contributed by atoms with Gasteiger partial charge in [0.25, 0.3) is 6.23 Å². The van der Waals surface area contributed by atoms with Crippen molar-refractivity contribution in [1.82, 2.24) is 5.32 Å². The largest absolute Gasteiger partial charge is 0.437 e. The Kier molecular flexibility index (Phi) is 10.8. The zero-order chi connectivity index (χ0) is 40.3. The van der Waals surface area contributed by atoms with E-state index in [4.69, 9.17) is 20.2 Å². The number of benzene rings is 2. The van der Waals surface area contributed by atoms with E-state index in [1.54, 1.807) is 10.8 Å². The fraction of sp³-hybridized carbons (Fsp3) is 0.500. The minimum Gasteiger partial charge on any atom is -0.437 e. The molecule has 0 amide bonds. The van der Waals surface area contributed by atoms with Gasteiger partial charge in [0.1, 0.15) is 42.4 Å². The van der Waals surface area contributed by atoms with Crippen molar-refractivity contribution in [3.05, 3.63) is 93.3 Å². The number of fused-ring (bicyclic) bond motifs is 4. The summed E-state index contributed by atoms with van der Waals surface area (Å²) in [5, 5.41) is 26.8. The molecule has 1 spiro atoms. The zero-order valence-electron chi connectivity index (χ0n) is 33.6. The molecule has 8 bridgehead atoms. The van der Waals surface area contributed by atoms with Crippen LogP contribution in [0.5, 0.6) is 11.5 Å². The molecule has 9 unspecified atom stereocenters. The van der Waals surface area contributed by atoms with E-state index < -0.39 is 23.9 Å². The minimum absolute atomic E-state index is 0.0222. The Bertz CT molecular complexity index is 2310. The molecule has 6 N–H and O–H groups in total. The van der Waals surface area contributed by atoms with Crippen molar-refractivity contribution in [2.24, 2.45) is 33.9 Å². The molecule has 11 rings (SSSR count). The highest BCUT2D eigenvalue weighted by atomic mass is 33.1. The molecular weight excluding hydrogens is 777 g/mol. The van der Waals surface area contributed by atoms with Crippen molar-refractivity contribution in [3.63, 3.8) is 0 Å². The molecule has 7 heterocycles. The van der Waals surface area contributed by atoms with Crippen molar-refractivity contribution in [2.45, 2.75) is 107 Å². The van der Waals surface area contributed by atoms with Gasteiger partial charge < -0.3 is 25.4 Å². The number of aryl methyl sites for hydroxylation is 1. The predicted molar refractivity (Wildman–Crippen MR) is 232 cm³/mol. The number of aliphatic imine (C=N–C) groups is 1. The van der Waals surface area contributed by atoms with E-state index in [1.807, 2.05) is 29.1 Å². The molecule has 9 nitrogen and oxygen atoms in total. The molecule has 59 heavy (non-hydrogen) atoms. The van der Waals surface area contributed by atoms with E-state index in [2.05, 4.69) is 66.6 Å². The summed E-state index contributed by atoms with van der Waals surface area (Å²) < 4.78 is 13.9. The van der Waals surface area contributed by atoms with Gasteiger partial charge in [0.15, 0.2) is 11.5 Å². The third kappa shape index (κ3) is 7.41. The summed E-state index contributed by atoms with van der Waals surface area (Å²) in [7, 11) is 3.60. The lowest BCUT2D eigenvalue weighted by Crippen LogP contribution is -3.13. The molecule has 11 heteroatoms. The molecule has 2 aromatic rings. The number of allylic oxidation sites excluding steroid dienone is 2. The van der Waals surface area contributed by atoms with Gasteiger partial charge in [0.05, 0.1) is 23.3 Å². The van der Waals surface area contributed by atoms with Gasteiger partial charge in [-0.3, -0.25) is 20.0 Å². The van der Waals surface area contributed by atoms with Crippen molar-refractivity contribution < 1.29 is 29.4 Å². The molecular formula is C48H53N4O5S2+. The molecule has 9 aliphatic rings. The summed E-state index contributed by atoms with van der Waals surface area (Å²) in [5.74, 6) is 13.7. The van der Waals surface area contributed by atoms with Crippen LogP contribution in [0.2, 0.25) is 0 Å². The number of carbonyl (C=O) groups is 1. The molecule has 0 radical (unpaired) electrons. The molecule has 0 aromatic heterocycles. The summed E-state index contributed by atoms with van der Waals surface area (Å²) in [6.45, 7) is 3.55. The third-order valence-electron chi connectivity index (χ3n) is 14.1. The lowest BCUT2D eigenvalue weighted by Gasteiger charge is -2.36. The predicted octanol–water partition coefficient (Wildman–Crippen LogP) is 5.73. The quantitative estimate of drug-likeness (QED) is 0.141. The Balaban J connectivity index is 1.09. The van der Waals surface area contributed by atoms with Gasteiger partial charge in [0, 0.05) is 60.9 Å². The average molecular weight is 830 g/mol. The van der Waals surface area contributed by atoms with Gasteiger partial charge in [-0.2, -0.15) is 0 Å². The molecule has 2 aliphatic carbocycles. The lowest BCUT2D eigenvalue weighted by molar-refractivity contribution is -0.888. The van der Waals surface area contributed by atoms with Gasteiger partial charge in [-0.05, 0) is 77.5 Å². The number of ketones is 1. The van der Waals surface area contributed by atoms with E-state index in [1.165, 1.54) is 5.56 Å². The maximum atomic E-state index is 13.5. The fourth-order valence-corrected chi connectivity index (χ4v) is 13.2. The van der Waals surface area contributed by atoms with Crippen LogP contribution in [0.25, 0.3) is 0 Å². The molecule has 1 saturated carbocycles. The number of hydrogen-bond donors (Lipinski definition) is 5. The highest BCUT2D eigenvalue weighted by Crippen LogP contribution is 2.49. The second kappa shape index (κ2) is 16.2. The van der Waals surface area contributed by atoms with Crippen LogP contribution in [-0.4, -0.2) is 52.9 Å². The van der Waals surface area contributed by atoms with Crippen LogP contribution in [0, 0.1) is 47.0 Å². The number of nitrogens with two attached hydrogens (primary N) is 1. The molecule has 9 atom stereocenters. The Morgan fingerprint density at radius 2 is 1.98 bits per heavy atom. The third-order valence-corrected chi connectivity index (χ3v) is 16.5. The van der Waals surface area contributed by atoms with E-state index in [-0.39, 0.29) is 36.1 Å². The van der Waals surface area contributed by atoms with E-state index in [0.717, 1.165) is 100 Å². The number of aliphatic hydroxyl groups is 2. The summed E-state index contributed by atoms with van der Waals surface area (Å²) in [4.78, 5) is 19.7. The number of ether oxygens (including phenoxy) is 2. The van der Waals surface area contributed by atoms with Crippen LogP contribution in [0.4, 0.5) is 0 Å². The van der Waals surface area contributed by atoms with Crippen molar-refractivity contribution in [2.75, 3.05) is 18.8 Å². The Labute approximate surface area is 355 Å². The number of hydrogen-bond acceptors (Lipinski definition) is 10. The summed E-state index contributed by atoms with van der Waals surface area (Å²) >= 11 is 0. The highest BCUT2D eigenvalue weighted by molar-refractivity contribution is 8.76. The number of aliphatic hydroxyl groups excluding tert-OH is 2. The Hall–Kier alpha value is -3.78. The summed E-state index contributed by atoms with van der Waals surface area (Å²) in [6, 6.07) is 8.14. The fourth-order valence-electron chi connectivity index (χ4n) is 10.7. The standard InChI is InChI=1S/C48H52N4O5S2/c1-28-4-6-30(7-5-28)42(55)21-33(53)10-8-29-9-15-43-45-38(29)27-59-58-26-32-23-51-46(49)35-12-11-34-36(44(32)35)20-31-22-50-40-25-52(24-37(31)40)47(57-45)39(13-14-41(34)54)48(18-19-56-43)16-2-3-17-48/h4,6,9,11-12,15,22,24,28,30,32,39,41-42,46-47,51,54-55H,2-3,5,7-8,10,16-17,20-21,23,25-27,49H2,1H3/p+1. The summed E-state index contributed by atoms with van der Waals surface area (Å²) in [6.07, 6.45) is 16.6. The zero-order valence-corrected chi connectivity index (χ0v) is 35.2. The number of rotatable bonds is 6. The number of nitrogens with zero attached hydrogens (tertiary/aromatic N) is 1. The van der Waals surface area contributed by atoms with E-state index in [0.29, 0.717) is 49.0 Å². The molecule has 306 valence electrons.